The van der Waals surface area contributed by atoms with Gasteiger partial charge in [-0.25, -0.2) is 0 Å². The van der Waals surface area contributed by atoms with E-state index in [1.165, 1.54) is 0 Å². The van der Waals surface area contributed by atoms with Gasteiger partial charge in [-0.05, 0) is 49.2 Å². The second kappa shape index (κ2) is 6.79. The molecule has 0 aliphatic carbocycles. The normalized spacial score (nSPS) is 15.2. The molecule has 0 saturated carbocycles. The first-order chi connectivity index (χ1) is 11.5. The van der Waals surface area contributed by atoms with Crippen LogP contribution in [-0.2, 0) is 6.54 Å². The zero-order chi connectivity index (χ0) is 17.3. The van der Waals surface area contributed by atoms with Crippen molar-refractivity contribution in [1.29, 1.82) is 0 Å². The standard InChI is InChI=1S/C19H21NO3S/c1-4-20(5-2)11-14-15(21)7-6-13-18(22)16(23-19(13)14)10-17-12(3)8-9-24-17/h6-10,21H,4-5,11H2,1-3H3/b16-10-. The molecule has 1 aliphatic rings. The summed E-state index contributed by atoms with van der Waals surface area (Å²) >= 11 is 1.58. The van der Waals surface area contributed by atoms with Gasteiger partial charge in [-0.15, -0.1) is 11.3 Å². The SMILES string of the molecule is CCN(CC)Cc1c(O)ccc2c1O/C(=C\c1sccc1C)C2=O. The Bertz CT molecular complexity index is 803. The average Bonchev–Trinajstić information content (AvgIpc) is 3.11. The lowest BCUT2D eigenvalue weighted by Gasteiger charge is -2.20. The van der Waals surface area contributed by atoms with Crippen LogP contribution in [0.25, 0.3) is 6.08 Å². The number of thiophene rings is 1. The van der Waals surface area contributed by atoms with E-state index < -0.39 is 0 Å². The lowest BCUT2D eigenvalue weighted by Crippen LogP contribution is -2.22. The molecule has 0 unspecified atom stereocenters. The molecule has 1 N–H and O–H groups in total. The molecular formula is C19H21NO3S. The van der Waals surface area contributed by atoms with Crippen LogP contribution in [0.1, 0.15) is 40.2 Å². The van der Waals surface area contributed by atoms with Gasteiger partial charge in [0.05, 0.1) is 11.1 Å². The lowest BCUT2D eigenvalue weighted by molar-refractivity contribution is 0.101. The largest absolute Gasteiger partial charge is 0.507 e. The van der Waals surface area contributed by atoms with Crippen LogP contribution < -0.4 is 4.74 Å². The molecule has 0 atom stereocenters. The van der Waals surface area contributed by atoms with Crippen molar-refractivity contribution < 1.29 is 14.6 Å². The number of hydrogen-bond donors (Lipinski definition) is 1. The number of aryl methyl sites for hydroxylation is 1. The molecule has 0 fully saturated rings. The van der Waals surface area contributed by atoms with Crippen molar-refractivity contribution >= 4 is 23.2 Å². The molecule has 1 aliphatic heterocycles. The summed E-state index contributed by atoms with van der Waals surface area (Å²) < 4.78 is 5.88. The van der Waals surface area contributed by atoms with Crippen LogP contribution in [0.5, 0.6) is 11.5 Å². The average molecular weight is 343 g/mol. The third kappa shape index (κ3) is 2.97. The molecule has 24 heavy (non-hydrogen) atoms. The summed E-state index contributed by atoms with van der Waals surface area (Å²) in [5.74, 6) is 0.856. The van der Waals surface area contributed by atoms with E-state index in [1.54, 1.807) is 29.5 Å². The number of rotatable bonds is 5. The Morgan fingerprint density at radius 3 is 2.62 bits per heavy atom. The quantitative estimate of drug-likeness (QED) is 0.826. The maximum absolute atomic E-state index is 12.6. The second-order valence-electron chi connectivity index (χ2n) is 5.81. The van der Waals surface area contributed by atoms with Gasteiger partial charge in [0, 0.05) is 17.5 Å². The predicted molar refractivity (Wildman–Crippen MR) is 96.7 cm³/mol. The third-order valence-electron chi connectivity index (χ3n) is 4.36. The third-order valence-corrected chi connectivity index (χ3v) is 5.32. The number of phenolic OH excluding ortho intramolecular Hbond substituents is 1. The number of aromatic hydroxyl groups is 1. The number of ketones is 1. The fourth-order valence-corrected chi connectivity index (χ4v) is 3.62. The summed E-state index contributed by atoms with van der Waals surface area (Å²) in [7, 11) is 0. The van der Waals surface area contributed by atoms with Crippen molar-refractivity contribution in [3.8, 4) is 11.5 Å². The van der Waals surface area contributed by atoms with E-state index in [0.717, 1.165) is 23.5 Å². The van der Waals surface area contributed by atoms with Gasteiger partial charge in [0.2, 0.25) is 5.78 Å². The number of allylic oxidation sites excluding steroid dienone is 1. The second-order valence-corrected chi connectivity index (χ2v) is 6.76. The predicted octanol–water partition coefficient (Wildman–Crippen LogP) is 4.22. The minimum absolute atomic E-state index is 0.126. The molecule has 5 heteroatoms. The molecule has 0 bridgehead atoms. The summed E-state index contributed by atoms with van der Waals surface area (Å²) in [6.07, 6.45) is 1.79. The molecule has 126 valence electrons. The summed E-state index contributed by atoms with van der Waals surface area (Å²) in [6, 6.07) is 5.24. The number of phenols is 1. The van der Waals surface area contributed by atoms with Crippen molar-refractivity contribution in [2.24, 2.45) is 0 Å². The highest BCUT2D eigenvalue weighted by molar-refractivity contribution is 7.11. The molecule has 0 radical (unpaired) electrons. The number of carbonyl (C=O) groups is 1. The summed E-state index contributed by atoms with van der Waals surface area (Å²) in [6.45, 7) is 8.43. The number of benzene rings is 1. The smallest absolute Gasteiger partial charge is 0.232 e. The lowest BCUT2D eigenvalue weighted by atomic mass is 10.0. The van der Waals surface area contributed by atoms with Crippen molar-refractivity contribution in [2.45, 2.75) is 27.3 Å². The fraction of sp³-hybridized carbons (Fsp3) is 0.316. The minimum atomic E-state index is -0.126. The van der Waals surface area contributed by atoms with Gasteiger partial charge in [0.25, 0.3) is 0 Å². The Morgan fingerprint density at radius 2 is 2.00 bits per heavy atom. The van der Waals surface area contributed by atoms with E-state index in [2.05, 4.69) is 18.7 Å². The van der Waals surface area contributed by atoms with E-state index in [9.17, 15) is 9.90 Å². The van der Waals surface area contributed by atoms with E-state index in [-0.39, 0.29) is 11.5 Å². The first kappa shape index (κ1) is 16.7. The number of fused-ring (bicyclic) bond motifs is 1. The molecule has 2 aromatic rings. The van der Waals surface area contributed by atoms with Crippen molar-refractivity contribution in [1.82, 2.24) is 4.90 Å². The molecule has 0 spiro atoms. The van der Waals surface area contributed by atoms with Gasteiger partial charge < -0.3 is 9.84 Å². The number of carbonyl (C=O) groups excluding carboxylic acids is 1. The highest BCUT2D eigenvalue weighted by Crippen LogP contribution is 2.40. The van der Waals surface area contributed by atoms with E-state index in [1.807, 2.05) is 18.4 Å². The molecule has 3 rings (SSSR count). The Morgan fingerprint density at radius 1 is 1.25 bits per heavy atom. The first-order valence-corrected chi connectivity index (χ1v) is 8.98. The summed E-state index contributed by atoms with van der Waals surface area (Å²) in [4.78, 5) is 15.8. The van der Waals surface area contributed by atoms with Crippen LogP contribution in [0.3, 0.4) is 0 Å². The van der Waals surface area contributed by atoms with Crippen LogP contribution in [0.4, 0.5) is 0 Å². The van der Waals surface area contributed by atoms with Crippen molar-refractivity contribution in [3.63, 3.8) is 0 Å². The van der Waals surface area contributed by atoms with Gasteiger partial charge >= 0.3 is 0 Å². The van der Waals surface area contributed by atoms with Crippen molar-refractivity contribution in [3.05, 3.63) is 50.9 Å². The van der Waals surface area contributed by atoms with Gasteiger partial charge in [-0.3, -0.25) is 9.69 Å². The number of Topliss-reactive ketones (excluding diaryl/α,β-unsaturated/α-hetero) is 1. The topological polar surface area (TPSA) is 49.8 Å². The Balaban J connectivity index is 1.99. The molecule has 0 amide bonds. The molecule has 2 heterocycles. The molecule has 4 nitrogen and oxygen atoms in total. The number of ether oxygens (including phenoxy) is 1. The van der Waals surface area contributed by atoms with Crippen LogP contribution in [0, 0.1) is 6.92 Å². The zero-order valence-corrected chi connectivity index (χ0v) is 14.9. The van der Waals surface area contributed by atoms with Crippen LogP contribution >= 0.6 is 11.3 Å². The van der Waals surface area contributed by atoms with E-state index in [0.29, 0.717) is 29.2 Å². The zero-order valence-electron chi connectivity index (χ0n) is 14.1. The highest BCUT2D eigenvalue weighted by Gasteiger charge is 2.31. The molecule has 1 aromatic carbocycles. The molecular weight excluding hydrogens is 322 g/mol. The Hall–Kier alpha value is -2.11. The van der Waals surface area contributed by atoms with E-state index in [4.69, 9.17) is 4.74 Å². The molecule has 1 aromatic heterocycles. The van der Waals surface area contributed by atoms with Crippen LogP contribution in [0.2, 0.25) is 0 Å². The first-order valence-electron chi connectivity index (χ1n) is 8.10. The van der Waals surface area contributed by atoms with Gasteiger partial charge in [-0.1, -0.05) is 13.8 Å². The van der Waals surface area contributed by atoms with Gasteiger partial charge in [-0.2, -0.15) is 0 Å². The van der Waals surface area contributed by atoms with Gasteiger partial charge in [0.15, 0.2) is 5.76 Å². The number of nitrogens with zero attached hydrogens (tertiary/aromatic N) is 1. The van der Waals surface area contributed by atoms with E-state index >= 15 is 0 Å². The maximum atomic E-state index is 12.6. The van der Waals surface area contributed by atoms with Gasteiger partial charge in [0.1, 0.15) is 11.5 Å². The minimum Gasteiger partial charge on any atom is -0.507 e. The summed E-state index contributed by atoms with van der Waals surface area (Å²) in [5, 5.41) is 12.2. The highest BCUT2D eigenvalue weighted by atomic mass is 32.1. The molecule has 0 saturated heterocycles. The monoisotopic (exact) mass is 343 g/mol. The Kier molecular flexibility index (Phi) is 4.73. The van der Waals surface area contributed by atoms with Crippen LogP contribution in [0.15, 0.2) is 29.3 Å². The Labute approximate surface area is 146 Å². The fourth-order valence-electron chi connectivity index (χ4n) is 2.77. The maximum Gasteiger partial charge on any atom is 0.232 e. The summed E-state index contributed by atoms with van der Waals surface area (Å²) in [5.41, 5.74) is 2.32. The van der Waals surface area contributed by atoms with Crippen LogP contribution in [-0.4, -0.2) is 28.9 Å². The van der Waals surface area contributed by atoms with Crippen molar-refractivity contribution in [2.75, 3.05) is 13.1 Å². The number of hydrogen-bond acceptors (Lipinski definition) is 5.